The number of para-hydroxylation sites is 1. The standard InChI is InChI=1S/C14H10NO/c16-14-8-4-2-6-11(14)12-9-15-13-7-3-1-5-10(12)13/h1-3,5-9,15-16H. The molecule has 1 radical (unpaired) electrons. The molecule has 0 unspecified atom stereocenters. The Balaban J connectivity index is 2.31. The molecule has 0 fully saturated rings. The Labute approximate surface area is 93.2 Å². The summed E-state index contributed by atoms with van der Waals surface area (Å²) in [6.45, 7) is 0. The summed E-state index contributed by atoms with van der Waals surface area (Å²) in [4.78, 5) is 3.19. The van der Waals surface area contributed by atoms with E-state index in [9.17, 15) is 5.11 Å². The van der Waals surface area contributed by atoms with Gasteiger partial charge in [-0.3, -0.25) is 0 Å². The zero-order valence-corrected chi connectivity index (χ0v) is 8.57. The first-order valence-corrected chi connectivity index (χ1v) is 5.12. The van der Waals surface area contributed by atoms with Crippen LogP contribution in [0.1, 0.15) is 0 Å². The number of aromatic hydroxyl groups is 1. The maximum atomic E-state index is 9.80. The molecule has 77 valence electrons. The van der Waals surface area contributed by atoms with Gasteiger partial charge in [-0.05, 0) is 24.3 Å². The fraction of sp³-hybridized carbons (Fsp3) is 0. The highest BCUT2D eigenvalue weighted by Crippen LogP contribution is 2.33. The van der Waals surface area contributed by atoms with E-state index in [1.54, 1.807) is 12.1 Å². The second-order valence-electron chi connectivity index (χ2n) is 3.69. The predicted octanol–water partition coefficient (Wildman–Crippen LogP) is 3.34. The molecule has 0 aliphatic heterocycles. The molecule has 0 amide bonds. The Hall–Kier alpha value is -2.22. The lowest BCUT2D eigenvalue weighted by Gasteiger charge is -2.01. The molecule has 1 heterocycles. The molecule has 3 rings (SSSR count). The maximum Gasteiger partial charge on any atom is 0.124 e. The monoisotopic (exact) mass is 208 g/mol. The number of phenolic OH excluding ortho intramolecular Hbond substituents is 1. The fourth-order valence-electron chi connectivity index (χ4n) is 1.94. The molecule has 2 N–H and O–H groups in total. The van der Waals surface area contributed by atoms with Crippen molar-refractivity contribution in [2.75, 3.05) is 0 Å². The first-order valence-electron chi connectivity index (χ1n) is 5.12. The van der Waals surface area contributed by atoms with Crippen molar-refractivity contribution in [3.63, 3.8) is 0 Å². The van der Waals surface area contributed by atoms with Crippen LogP contribution in [-0.2, 0) is 0 Å². The lowest BCUT2D eigenvalue weighted by Crippen LogP contribution is -1.76. The second-order valence-corrected chi connectivity index (χ2v) is 3.69. The third kappa shape index (κ3) is 1.27. The van der Waals surface area contributed by atoms with E-state index in [-0.39, 0.29) is 5.75 Å². The van der Waals surface area contributed by atoms with Gasteiger partial charge >= 0.3 is 0 Å². The van der Waals surface area contributed by atoms with Crippen LogP contribution in [0.5, 0.6) is 5.75 Å². The molecule has 2 heteroatoms. The van der Waals surface area contributed by atoms with Crippen LogP contribution in [0.2, 0.25) is 0 Å². The van der Waals surface area contributed by atoms with Gasteiger partial charge in [-0.1, -0.05) is 24.3 Å². The Kier molecular flexibility index (Phi) is 1.93. The summed E-state index contributed by atoms with van der Waals surface area (Å²) in [6.07, 6.45) is 1.92. The SMILES string of the molecule is Oc1c[c]ccc1-c1c[nH]c2ccccc12. The van der Waals surface area contributed by atoms with Crippen LogP contribution in [-0.4, -0.2) is 10.1 Å². The van der Waals surface area contributed by atoms with E-state index in [1.807, 2.05) is 36.5 Å². The number of rotatable bonds is 1. The van der Waals surface area contributed by atoms with Crippen molar-refractivity contribution in [1.29, 1.82) is 0 Å². The number of nitrogens with one attached hydrogen (secondary N) is 1. The minimum Gasteiger partial charge on any atom is -0.507 e. The molecule has 0 aliphatic carbocycles. The topological polar surface area (TPSA) is 36.0 Å². The smallest absolute Gasteiger partial charge is 0.124 e. The number of benzene rings is 2. The van der Waals surface area contributed by atoms with Crippen LogP contribution in [0.15, 0.2) is 48.7 Å². The minimum absolute atomic E-state index is 0.257. The average molecular weight is 208 g/mol. The second kappa shape index (κ2) is 3.42. The summed E-state index contributed by atoms with van der Waals surface area (Å²) >= 11 is 0. The van der Waals surface area contributed by atoms with Gasteiger partial charge in [0.05, 0.1) is 0 Å². The van der Waals surface area contributed by atoms with Gasteiger partial charge in [0.15, 0.2) is 0 Å². The quantitative estimate of drug-likeness (QED) is 0.632. The van der Waals surface area contributed by atoms with Crippen LogP contribution >= 0.6 is 0 Å². The van der Waals surface area contributed by atoms with Crippen molar-refractivity contribution in [1.82, 2.24) is 4.98 Å². The third-order valence-electron chi connectivity index (χ3n) is 2.72. The van der Waals surface area contributed by atoms with Crippen molar-refractivity contribution < 1.29 is 5.11 Å². The number of aromatic nitrogens is 1. The van der Waals surface area contributed by atoms with E-state index < -0.39 is 0 Å². The molecule has 0 spiro atoms. The van der Waals surface area contributed by atoms with Gasteiger partial charge in [0.25, 0.3) is 0 Å². The van der Waals surface area contributed by atoms with Crippen LogP contribution < -0.4 is 0 Å². The van der Waals surface area contributed by atoms with E-state index >= 15 is 0 Å². The fourth-order valence-corrected chi connectivity index (χ4v) is 1.94. The minimum atomic E-state index is 0.257. The summed E-state index contributed by atoms with van der Waals surface area (Å²) in [5, 5.41) is 10.9. The van der Waals surface area contributed by atoms with E-state index in [0.29, 0.717) is 0 Å². The highest BCUT2D eigenvalue weighted by molar-refractivity contribution is 5.96. The predicted molar refractivity (Wildman–Crippen MR) is 64.2 cm³/mol. The van der Waals surface area contributed by atoms with Gasteiger partial charge < -0.3 is 10.1 Å². The number of phenols is 1. The molecule has 0 atom stereocenters. The van der Waals surface area contributed by atoms with Crippen molar-refractivity contribution in [2.24, 2.45) is 0 Å². The van der Waals surface area contributed by atoms with E-state index in [2.05, 4.69) is 11.1 Å². The van der Waals surface area contributed by atoms with Gasteiger partial charge in [0.2, 0.25) is 0 Å². The van der Waals surface area contributed by atoms with Gasteiger partial charge in [0.1, 0.15) is 5.75 Å². The molecule has 0 bridgehead atoms. The number of H-pyrrole nitrogens is 1. The van der Waals surface area contributed by atoms with E-state index in [4.69, 9.17) is 0 Å². The lowest BCUT2D eigenvalue weighted by atomic mass is 10.0. The van der Waals surface area contributed by atoms with Crippen LogP contribution in [0.25, 0.3) is 22.0 Å². The average Bonchev–Trinajstić information content (AvgIpc) is 2.74. The first-order chi connectivity index (χ1) is 7.86. The summed E-state index contributed by atoms with van der Waals surface area (Å²) in [5.74, 6) is 0.257. The zero-order valence-electron chi connectivity index (χ0n) is 8.57. The summed E-state index contributed by atoms with van der Waals surface area (Å²) in [6, 6.07) is 16.1. The molecule has 0 saturated carbocycles. The molecule has 2 nitrogen and oxygen atoms in total. The highest BCUT2D eigenvalue weighted by Gasteiger charge is 2.08. The number of aromatic amines is 1. The molecule has 2 aromatic carbocycles. The Morgan fingerprint density at radius 2 is 1.94 bits per heavy atom. The zero-order chi connectivity index (χ0) is 11.0. The largest absolute Gasteiger partial charge is 0.507 e. The number of fused-ring (bicyclic) bond motifs is 1. The maximum absolute atomic E-state index is 9.80. The molecular formula is C14H10NO. The number of hydrogen-bond acceptors (Lipinski definition) is 1. The summed E-state index contributed by atoms with van der Waals surface area (Å²) in [5.41, 5.74) is 2.92. The first kappa shape index (κ1) is 9.04. The van der Waals surface area contributed by atoms with Gasteiger partial charge in [0, 0.05) is 28.2 Å². The molecule has 1 aromatic heterocycles. The van der Waals surface area contributed by atoms with Crippen LogP contribution in [0, 0.1) is 6.07 Å². The highest BCUT2D eigenvalue weighted by atomic mass is 16.3. The molecule has 3 aromatic rings. The van der Waals surface area contributed by atoms with Crippen molar-refractivity contribution in [2.45, 2.75) is 0 Å². The van der Waals surface area contributed by atoms with Gasteiger partial charge in [-0.15, -0.1) is 0 Å². The number of hydrogen-bond donors (Lipinski definition) is 2. The van der Waals surface area contributed by atoms with Crippen LogP contribution in [0.4, 0.5) is 0 Å². The Morgan fingerprint density at radius 1 is 1.06 bits per heavy atom. The lowest BCUT2D eigenvalue weighted by molar-refractivity contribution is 0.477. The van der Waals surface area contributed by atoms with Crippen LogP contribution in [0.3, 0.4) is 0 Å². The Bertz CT molecular complexity index is 640. The summed E-state index contributed by atoms with van der Waals surface area (Å²) < 4.78 is 0. The van der Waals surface area contributed by atoms with E-state index in [1.165, 1.54) is 0 Å². The van der Waals surface area contributed by atoms with Gasteiger partial charge in [-0.25, -0.2) is 0 Å². The van der Waals surface area contributed by atoms with Crippen molar-refractivity contribution >= 4 is 10.9 Å². The summed E-state index contributed by atoms with van der Waals surface area (Å²) in [7, 11) is 0. The Morgan fingerprint density at radius 3 is 2.81 bits per heavy atom. The third-order valence-corrected chi connectivity index (χ3v) is 2.72. The van der Waals surface area contributed by atoms with Gasteiger partial charge in [-0.2, -0.15) is 0 Å². The van der Waals surface area contributed by atoms with Crippen molar-refractivity contribution in [3.05, 3.63) is 54.7 Å². The van der Waals surface area contributed by atoms with E-state index in [0.717, 1.165) is 22.0 Å². The molecule has 0 saturated heterocycles. The van der Waals surface area contributed by atoms with Crippen molar-refractivity contribution in [3.8, 4) is 16.9 Å². The normalized spacial score (nSPS) is 10.8. The molecule has 0 aliphatic rings. The molecular weight excluding hydrogens is 198 g/mol. The molecule has 16 heavy (non-hydrogen) atoms.